The van der Waals surface area contributed by atoms with Crippen molar-refractivity contribution in [3.8, 4) is 0 Å². The quantitative estimate of drug-likeness (QED) is 0.219. The van der Waals surface area contributed by atoms with E-state index in [9.17, 15) is 4.79 Å². The number of aliphatic imine (C=N–C) groups is 1. The molecule has 0 rings (SSSR count). The van der Waals surface area contributed by atoms with Gasteiger partial charge in [-0.2, -0.15) is 0 Å². The fraction of sp³-hybridized carbons (Fsp3) is 0.818. The molecule has 1 amide bonds. The van der Waals surface area contributed by atoms with Gasteiger partial charge in [-0.15, -0.1) is 0 Å². The van der Waals surface area contributed by atoms with Crippen molar-refractivity contribution in [2.75, 3.05) is 19.6 Å². The number of carbonyl (C=O) groups excluding carboxylic acids is 1. The molecule has 0 aromatic carbocycles. The van der Waals surface area contributed by atoms with Crippen LogP contribution < -0.4 is 21.9 Å². The van der Waals surface area contributed by atoms with Crippen LogP contribution in [0.5, 0.6) is 0 Å². The number of nitrogens with one attached hydrogen (secondary N) is 3. The van der Waals surface area contributed by atoms with Crippen LogP contribution >= 0.6 is 0 Å². The Bertz CT molecular complexity index is 240. The van der Waals surface area contributed by atoms with Crippen molar-refractivity contribution < 1.29 is 4.79 Å². The Hall–Kier alpha value is -1.30. The predicted molar refractivity (Wildman–Crippen MR) is 70.4 cm³/mol. The van der Waals surface area contributed by atoms with E-state index in [1.807, 2.05) is 6.92 Å². The van der Waals surface area contributed by atoms with Crippen molar-refractivity contribution in [3.63, 3.8) is 0 Å². The minimum absolute atomic E-state index is 0.0413. The van der Waals surface area contributed by atoms with Crippen molar-refractivity contribution in [1.82, 2.24) is 16.1 Å². The lowest BCUT2D eigenvalue weighted by Gasteiger charge is -2.10. The molecule has 5 N–H and O–H groups in total. The second kappa shape index (κ2) is 9.89. The maximum Gasteiger partial charge on any atom is 0.221 e. The Morgan fingerprint density at radius 3 is 2.53 bits per heavy atom. The molecule has 0 aliphatic heterocycles. The molecule has 17 heavy (non-hydrogen) atoms. The van der Waals surface area contributed by atoms with Gasteiger partial charge in [-0.05, 0) is 12.3 Å². The topological polar surface area (TPSA) is 91.5 Å². The van der Waals surface area contributed by atoms with Gasteiger partial charge in [0, 0.05) is 26.1 Å². The van der Waals surface area contributed by atoms with Crippen molar-refractivity contribution in [3.05, 3.63) is 0 Å². The summed E-state index contributed by atoms with van der Waals surface area (Å²) in [6.07, 6.45) is 1.37. The molecule has 0 fully saturated rings. The number of nitrogens with zero attached hydrogens (tertiary/aromatic N) is 1. The highest BCUT2D eigenvalue weighted by atomic mass is 16.1. The third kappa shape index (κ3) is 9.62. The monoisotopic (exact) mass is 243 g/mol. The van der Waals surface area contributed by atoms with Gasteiger partial charge in [-0.25, -0.2) is 5.84 Å². The van der Waals surface area contributed by atoms with Gasteiger partial charge in [0.2, 0.25) is 11.9 Å². The Labute approximate surface area is 103 Å². The highest BCUT2D eigenvalue weighted by molar-refractivity contribution is 5.80. The lowest BCUT2D eigenvalue weighted by Crippen LogP contribution is -2.43. The first-order valence-electron chi connectivity index (χ1n) is 6.11. The van der Waals surface area contributed by atoms with Gasteiger partial charge in [0.25, 0.3) is 0 Å². The first-order valence-corrected chi connectivity index (χ1v) is 6.11. The smallest absolute Gasteiger partial charge is 0.221 e. The summed E-state index contributed by atoms with van der Waals surface area (Å²) in [5.74, 6) is 6.36. The number of amides is 1. The molecule has 100 valence electrons. The maximum atomic E-state index is 11.3. The molecule has 0 unspecified atom stereocenters. The average Bonchev–Trinajstić information content (AvgIpc) is 2.30. The van der Waals surface area contributed by atoms with Crippen LogP contribution in [0, 0.1) is 5.92 Å². The third-order valence-corrected chi connectivity index (χ3v) is 1.97. The molecule has 0 saturated heterocycles. The second-order valence-corrected chi connectivity index (χ2v) is 4.25. The van der Waals surface area contributed by atoms with Gasteiger partial charge >= 0.3 is 0 Å². The van der Waals surface area contributed by atoms with Crippen molar-refractivity contribution in [1.29, 1.82) is 0 Å². The molecule has 0 bridgehead atoms. The molecule has 0 radical (unpaired) electrons. The minimum Gasteiger partial charge on any atom is -0.356 e. The predicted octanol–water partition coefficient (Wildman–Crippen LogP) is -0.0324. The lowest BCUT2D eigenvalue weighted by atomic mass is 10.2. The van der Waals surface area contributed by atoms with Crippen molar-refractivity contribution in [2.24, 2.45) is 16.8 Å². The Kier molecular flexibility index (Phi) is 9.14. The number of rotatable bonds is 7. The van der Waals surface area contributed by atoms with Gasteiger partial charge in [-0.3, -0.25) is 15.2 Å². The van der Waals surface area contributed by atoms with Crippen LogP contribution in [0.25, 0.3) is 0 Å². The summed E-state index contributed by atoms with van der Waals surface area (Å²) in [5.41, 5.74) is 2.48. The molecule has 0 aliphatic carbocycles. The first-order chi connectivity index (χ1) is 8.10. The molecule has 0 atom stereocenters. The molecule has 6 heteroatoms. The van der Waals surface area contributed by atoms with Crippen molar-refractivity contribution >= 4 is 11.9 Å². The molecule has 0 saturated carbocycles. The van der Waals surface area contributed by atoms with E-state index < -0.39 is 0 Å². The molecule has 0 spiro atoms. The van der Waals surface area contributed by atoms with Crippen LogP contribution in [0.3, 0.4) is 0 Å². The summed E-state index contributed by atoms with van der Waals surface area (Å²) in [5, 5.41) is 5.79. The van der Waals surface area contributed by atoms with Gasteiger partial charge in [0.1, 0.15) is 0 Å². The SMILES string of the molecule is CCCNC(=O)CCNC(=NCC(C)C)NN. The van der Waals surface area contributed by atoms with Crippen molar-refractivity contribution in [2.45, 2.75) is 33.6 Å². The van der Waals surface area contributed by atoms with E-state index in [-0.39, 0.29) is 5.91 Å². The number of hydrogen-bond acceptors (Lipinski definition) is 3. The van der Waals surface area contributed by atoms with E-state index in [1.165, 1.54) is 0 Å². The molecule has 0 aromatic heterocycles. The normalized spacial score (nSPS) is 11.5. The molecular weight excluding hydrogens is 218 g/mol. The Morgan fingerprint density at radius 2 is 2.00 bits per heavy atom. The van der Waals surface area contributed by atoms with Crippen LogP contribution in [0.2, 0.25) is 0 Å². The molecule has 6 nitrogen and oxygen atoms in total. The molecule has 0 heterocycles. The summed E-state index contributed by atoms with van der Waals surface area (Å²) in [6, 6.07) is 0. The van der Waals surface area contributed by atoms with E-state index in [4.69, 9.17) is 5.84 Å². The average molecular weight is 243 g/mol. The molecule has 0 aromatic rings. The molecule has 0 aliphatic rings. The van der Waals surface area contributed by atoms with E-state index in [0.29, 0.717) is 31.4 Å². The van der Waals surface area contributed by atoms with Gasteiger partial charge < -0.3 is 10.6 Å². The van der Waals surface area contributed by atoms with E-state index in [1.54, 1.807) is 0 Å². The summed E-state index contributed by atoms with van der Waals surface area (Å²) < 4.78 is 0. The number of guanidine groups is 1. The third-order valence-electron chi connectivity index (χ3n) is 1.97. The van der Waals surface area contributed by atoms with Crippen LogP contribution in [-0.2, 0) is 4.79 Å². The first kappa shape index (κ1) is 15.7. The number of nitrogens with two attached hydrogens (primary N) is 1. The maximum absolute atomic E-state index is 11.3. The van der Waals surface area contributed by atoms with Crippen LogP contribution in [-0.4, -0.2) is 31.5 Å². The standard InChI is InChI=1S/C11H25N5O/c1-4-6-13-10(17)5-7-14-11(16-12)15-8-9(2)3/h9H,4-8,12H2,1-3H3,(H,13,17)(H2,14,15,16). The van der Waals surface area contributed by atoms with Crippen LogP contribution in [0.1, 0.15) is 33.6 Å². The fourth-order valence-electron chi connectivity index (χ4n) is 1.07. The summed E-state index contributed by atoms with van der Waals surface area (Å²) in [6.45, 7) is 8.13. The van der Waals surface area contributed by atoms with E-state index >= 15 is 0 Å². The highest BCUT2D eigenvalue weighted by Crippen LogP contribution is 1.90. The Balaban J connectivity index is 3.76. The zero-order valence-corrected chi connectivity index (χ0v) is 11.0. The Morgan fingerprint density at radius 1 is 1.29 bits per heavy atom. The minimum atomic E-state index is 0.0413. The summed E-state index contributed by atoms with van der Waals surface area (Å²) in [4.78, 5) is 15.5. The highest BCUT2D eigenvalue weighted by Gasteiger charge is 2.01. The summed E-state index contributed by atoms with van der Waals surface area (Å²) in [7, 11) is 0. The van der Waals surface area contributed by atoms with Gasteiger partial charge in [0.15, 0.2) is 0 Å². The largest absolute Gasteiger partial charge is 0.356 e. The van der Waals surface area contributed by atoms with Crippen LogP contribution in [0.15, 0.2) is 4.99 Å². The van der Waals surface area contributed by atoms with Gasteiger partial charge in [0.05, 0.1) is 0 Å². The van der Waals surface area contributed by atoms with Gasteiger partial charge in [-0.1, -0.05) is 20.8 Å². The zero-order chi connectivity index (χ0) is 13.1. The lowest BCUT2D eigenvalue weighted by molar-refractivity contribution is -0.120. The number of hydrazine groups is 1. The molecular formula is C11H25N5O. The van der Waals surface area contributed by atoms with E-state index in [2.05, 4.69) is 34.9 Å². The summed E-state index contributed by atoms with van der Waals surface area (Å²) >= 11 is 0. The number of hydrogen-bond donors (Lipinski definition) is 4. The fourth-order valence-corrected chi connectivity index (χ4v) is 1.07. The second-order valence-electron chi connectivity index (χ2n) is 4.25. The van der Waals surface area contributed by atoms with Crippen LogP contribution in [0.4, 0.5) is 0 Å². The number of carbonyl (C=O) groups is 1. The zero-order valence-electron chi connectivity index (χ0n) is 11.0. The van der Waals surface area contributed by atoms with E-state index in [0.717, 1.165) is 13.0 Å².